The molecular weight excluding hydrogens is 468 g/mol. The number of hydrogen-bond acceptors (Lipinski definition) is 6. The molecule has 0 saturated carbocycles. The average molecular weight is 491 g/mol. The van der Waals surface area contributed by atoms with Crippen LogP contribution >= 0.6 is 11.6 Å². The molecule has 1 aliphatic heterocycles. The summed E-state index contributed by atoms with van der Waals surface area (Å²) in [6.45, 7) is 6.20. The van der Waals surface area contributed by atoms with Crippen LogP contribution in [0.5, 0.6) is 11.5 Å². The fraction of sp³-hybridized carbons (Fsp3) is 0.148. The highest BCUT2D eigenvalue weighted by Crippen LogP contribution is 2.31. The number of imide groups is 1. The first-order chi connectivity index (χ1) is 16.8. The predicted octanol–water partition coefficient (Wildman–Crippen LogP) is 5.36. The molecule has 0 saturated heterocycles. The Morgan fingerprint density at radius 1 is 0.943 bits per heavy atom. The zero-order valence-corrected chi connectivity index (χ0v) is 20.2. The number of amides is 2. The van der Waals surface area contributed by atoms with Crippen molar-refractivity contribution < 1.29 is 23.9 Å². The van der Waals surface area contributed by atoms with E-state index in [0.29, 0.717) is 35.0 Å². The molecule has 0 bridgehead atoms. The second kappa shape index (κ2) is 10.0. The van der Waals surface area contributed by atoms with Crippen LogP contribution in [-0.4, -0.2) is 24.4 Å². The van der Waals surface area contributed by atoms with Crippen molar-refractivity contribution in [3.63, 3.8) is 0 Å². The third-order valence-corrected chi connectivity index (χ3v) is 5.93. The lowest BCUT2D eigenvalue weighted by Gasteiger charge is -2.15. The van der Waals surface area contributed by atoms with E-state index in [2.05, 4.69) is 5.32 Å². The Labute approximate surface area is 207 Å². The van der Waals surface area contributed by atoms with E-state index in [0.717, 1.165) is 16.0 Å². The number of hydrogen-bond donors (Lipinski definition) is 1. The number of benzene rings is 3. The molecule has 4 rings (SSSR count). The number of nitrogens with zero attached hydrogens (tertiary/aromatic N) is 1. The van der Waals surface area contributed by atoms with Crippen LogP contribution in [-0.2, 0) is 9.59 Å². The summed E-state index contributed by atoms with van der Waals surface area (Å²) in [5.41, 5.74) is 3.06. The lowest BCUT2D eigenvalue weighted by atomic mass is 10.1. The van der Waals surface area contributed by atoms with Crippen LogP contribution in [0.3, 0.4) is 0 Å². The lowest BCUT2D eigenvalue weighted by molar-refractivity contribution is -0.120. The van der Waals surface area contributed by atoms with Crippen LogP contribution in [0.25, 0.3) is 0 Å². The molecule has 3 aromatic rings. The highest BCUT2D eigenvalue weighted by atomic mass is 35.5. The molecule has 1 N–H and O–H groups in total. The van der Waals surface area contributed by atoms with Crippen LogP contribution in [0.15, 0.2) is 77.5 Å². The molecule has 0 atom stereocenters. The van der Waals surface area contributed by atoms with E-state index in [4.69, 9.17) is 21.1 Å². The van der Waals surface area contributed by atoms with Gasteiger partial charge in [0, 0.05) is 5.69 Å². The van der Waals surface area contributed by atoms with E-state index in [-0.39, 0.29) is 10.7 Å². The van der Waals surface area contributed by atoms with Gasteiger partial charge < -0.3 is 14.8 Å². The van der Waals surface area contributed by atoms with Crippen LogP contribution in [0.1, 0.15) is 28.4 Å². The number of esters is 1. The van der Waals surface area contributed by atoms with E-state index in [1.165, 1.54) is 0 Å². The van der Waals surface area contributed by atoms with Crippen molar-refractivity contribution in [3.05, 3.63) is 94.1 Å². The number of anilines is 2. The first-order valence-electron chi connectivity index (χ1n) is 11.0. The molecule has 35 heavy (non-hydrogen) atoms. The zero-order chi connectivity index (χ0) is 25.1. The molecule has 2 amide bonds. The molecule has 0 aromatic heterocycles. The summed E-state index contributed by atoms with van der Waals surface area (Å²) in [5.74, 6) is -0.585. The standard InChI is InChI=1S/C27H23ClN2O5/c1-4-34-21-14-12-20(13-15-21)30-25(31)23(28)24(26(30)32)29-19-10-8-18(9-11-19)27(33)35-22-7-5-6-16(2)17(22)3/h5-15,29H,4H2,1-3H3. The van der Waals surface area contributed by atoms with Gasteiger partial charge in [-0.25, -0.2) is 9.69 Å². The quantitative estimate of drug-likeness (QED) is 0.273. The third kappa shape index (κ3) is 4.90. The Morgan fingerprint density at radius 3 is 2.29 bits per heavy atom. The lowest BCUT2D eigenvalue weighted by Crippen LogP contribution is -2.32. The van der Waals surface area contributed by atoms with Gasteiger partial charge in [0.1, 0.15) is 22.2 Å². The Bertz CT molecular complexity index is 1330. The highest BCUT2D eigenvalue weighted by Gasteiger charge is 2.39. The van der Waals surface area contributed by atoms with Crippen LogP contribution in [0, 0.1) is 13.8 Å². The van der Waals surface area contributed by atoms with Crippen LogP contribution < -0.4 is 19.7 Å². The van der Waals surface area contributed by atoms with Gasteiger partial charge in [0.05, 0.1) is 17.9 Å². The van der Waals surface area contributed by atoms with Gasteiger partial charge in [-0.05, 0) is 86.5 Å². The first-order valence-corrected chi connectivity index (χ1v) is 11.3. The molecule has 0 aliphatic carbocycles. The molecule has 0 unspecified atom stereocenters. The second-order valence-electron chi connectivity index (χ2n) is 7.85. The van der Waals surface area contributed by atoms with E-state index in [9.17, 15) is 14.4 Å². The topological polar surface area (TPSA) is 84.9 Å². The summed E-state index contributed by atoms with van der Waals surface area (Å²) in [7, 11) is 0. The van der Waals surface area contributed by atoms with E-state index in [1.807, 2.05) is 32.9 Å². The van der Waals surface area contributed by atoms with Crippen molar-refractivity contribution in [1.82, 2.24) is 0 Å². The molecule has 0 fully saturated rings. The van der Waals surface area contributed by atoms with E-state index < -0.39 is 17.8 Å². The maximum absolute atomic E-state index is 13.0. The average Bonchev–Trinajstić information content (AvgIpc) is 3.06. The molecule has 0 spiro atoms. The van der Waals surface area contributed by atoms with Crippen LogP contribution in [0.4, 0.5) is 11.4 Å². The number of carbonyl (C=O) groups excluding carboxylic acids is 3. The molecule has 1 aliphatic rings. The summed E-state index contributed by atoms with van der Waals surface area (Å²) >= 11 is 6.20. The van der Waals surface area contributed by atoms with Gasteiger partial charge in [-0.2, -0.15) is 0 Å². The normalized spacial score (nSPS) is 13.3. The number of ether oxygens (including phenoxy) is 2. The summed E-state index contributed by atoms with van der Waals surface area (Å²) in [6, 6.07) is 18.4. The van der Waals surface area contributed by atoms with Crippen LogP contribution in [0.2, 0.25) is 0 Å². The highest BCUT2D eigenvalue weighted by molar-refractivity contribution is 6.53. The summed E-state index contributed by atoms with van der Waals surface area (Å²) in [4.78, 5) is 39.2. The Morgan fingerprint density at radius 2 is 1.63 bits per heavy atom. The Balaban J connectivity index is 1.47. The van der Waals surface area contributed by atoms with Gasteiger partial charge in [0.2, 0.25) is 0 Å². The van der Waals surface area contributed by atoms with Crippen molar-refractivity contribution >= 4 is 40.8 Å². The van der Waals surface area contributed by atoms with Gasteiger partial charge in [0.15, 0.2) is 0 Å². The largest absolute Gasteiger partial charge is 0.494 e. The minimum atomic E-state index is -0.628. The van der Waals surface area contributed by atoms with Gasteiger partial charge >= 0.3 is 5.97 Å². The molecule has 3 aromatic carbocycles. The molecule has 7 nitrogen and oxygen atoms in total. The number of rotatable bonds is 7. The molecule has 178 valence electrons. The monoisotopic (exact) mass is 490 g/mol. The van der Waals surface area contributed by atoms with Crippen molar-refractivity contribution in [2.24, 2.45) is 0 Å². The van der Waals surface area contributed by atoms with Gasteiger partial charge in [0.25, 0.3) is 11.8 Å². The Kier molecular flexibility index (Phi) is 6.89. The smallest absolute Gasteiger partial charge is 0.343 e. The minimum absolute atomic E-state index is 0.0451. The molecule has 0 radical (unpaired) electrons. The third-order valence-electron chi connectivity index (χ3n) is 5.58. The SMILES string of the molecule is CCOc1ccc(N2C(=O)C(Cl)=C(Nc3ccc(C(=O)Oc4cccc(C)c4C)cc3)C2=O)cc1. The van der Waals surface area contributed by atoms with Gasteiger partial charge in [-0.15, -0.1) is 0 Å². The van der Waals surface area contributed by atoms with Crippen molar-refractivity contribution in [3.8, 4) is 11.5 Å². The Hall–Kier alpha value is -4.10. The fourth-order valence-corrected chi connectivity index (χ4v) is 3.74. The predicted molar refractivity (Wildman–Crippen MR) is 134 cm³/mol. The van der Waals surface area contributed by atoms with E-state index >= 15 is 0 Å². The summed E-state index contributed by atoms with van der Waals surface area (Å²) in [5, 5.41) is 2.67. The second-order valence-corrected chi connectivity index (χ2v) is 8.23. The minimum Gasteiger partial charge on any atom is -0.494 e. The number of nitrogens with one attached hydrogen (secondary N) is 1. The maximum atomic E-state index is 13.0. The van der Waals surface area contributed by atoms with Gasteiger partial charge in [-0.3, -0.25) is 9.59 Å². The maximum Gasteiger partial charge on any atom is 0.343 e. The number of carbonyl (C=O) groups is 3. The first kappa shape index (κ1) is 24.0. The van der Waals surface area contributed by atoms with Crippen molar-refractivity contribution in [2.75, 3.05) is 16.8 Å². The molecule has 8 heteroatoms. The van der Waals surface area contributed by atoms with E-state index in [1.54, 1.807) is 54.6 Å². The van der Waals surface area contributed by atoms with Crippen molar-refractivity contribution in [2.45, 2.75) is 20.8 Å². The van der Waals surface area contributed by atoms with Crippen molar-refractivity contribution in [1.29, 1.82) is 0 Å². The number of aryl methyl sites for hydroxylation is 1. The number of halogens is 1. The molecule has 1 heterocycles. The summed E-state index contributed by atoms with van der Waals surface area (Å²) < 4.78 is 10.9. The molecular formula is C27H23ClN2O5. The van der Waals surface area contributed by atoms with Gasteiger partial charge in [-0.1, -0.05) is 23.7 Å². The fourth-order valence-electron chi connectivity index (χ4n) is 3.53. The zero-order valence-electron chi connectivity index (χ0n) is 19.4. The summed E-state index contributed by atoms with van der Waals surface area (Å²) in [6.07, 6.45) is 0.